The average Bonchev–Trinajstić information content (AvgIpc) is 3.15. The molecule has 0 saturated carbocycles. The van der Waals surface area contributed by atoms with E-state index in [1.54, 1.807) is 18.5 Å². The number of carbonyl (C=O) groups excluding carboxylic acids is 1. The van der Waals surface area contributed by atoms with Crippen LogP contribution in [0.2, 0.25) is 0 Å². The van der Waals surface area contributed by atoms with Crippen molar-refractivity contribution < 1.29 is 4.79 Å². The Hall–Kier alpha value is -3.54. The largest absolute Gasteiger partial charge is 0.364 e. The summed E-state index contributed by atoms with van der Waals surface area (Å²) >= 11 is 0. The highest BCUT2D eigenvalue weighted by Gasteiger charge is 2.11. The lowest BCUT2D eigenvalue weighted by atomic mass is 10.1. The van der Waals surface area contributed by atoms with Crippen LogP contribution >= 0.6 is 0 Å². The van der Waals surface area contributed by atoms with Gasteiger partial charge in [-0.2, -0.15) is 0 Å². The molecule has 26 heavy (non-hydrogen) atoms. The first-order chi connectivity index (χ1) is 12.7. The number of aromatic nitrogens is 4. The number of carbonyl (C=O) groups is 1. The average molecular weight is 343 g/mol. The first kappa shape index (κ1) is 16.0. The van der Waals surface area contributed by atoms with Crippen LogP contribution in [0.15, 0.2) is 61.1 Å². The van der Waals surface area contributed by atoms with Crippen LogP contribution in [0, 0.1) is 0 Å². The summed E-state index contributed by atoms with van der Waals surface area (Å²) < 4.78 is 0. The summed E-state index contributed by atoms with van der Waals surface area (Å²) in [5.74, 6) is 0.737. The van der Waals surface area contributed by atoms with Crippen LogP contribution in [0.4, 0.5) is 5.82 Å². The van der Waals surface area contributed by atoms with Crippen LogP contribution < -0.4 is 5.32 Å². The smallest absolute Gasteiger partial charge is 0.161 e. The summed E-state index contributed by atoms with van der Waals surface area (Å²) in [6.45, 7) is 2.11. The Labute approximate surface area is 150 Å². The predicted molar refractivity (Wildman–Crippen MR) is 101 cm³/mol. The van der Waals surface area contributed by atoms with Crippen molar-refractivity contribution in [2.45, 2.75) is 13.5 Å². The van der Waals surface area contributed by atoms with E-state index in [0.717, 1.165) is 33.8 Å². The highest BCUT2D eigenvalue weighted by Crippen LogP contribution is 2.28. The maximum absolute atomic E-state index is 11.5. The van der Waals surface area contributed by atoms with Gasteiger partial charge in [-0.15, -0.1) is 0 Å². The number of rotatable bonds is 5. The maximum Gasteiger partial charge on any atom is 0.161 e. The van der Waals surface area contributed by atoms with E-state index >= 15 is 0 Å². The molecule has 0 fully saturated rings. The number of ketones is 1. The molecule has 0 aliphatic heterocycles. The van der Waals surface area contributed by atoms with Gasteiger partial charge in [0.2, 0.25) is 0 Å². The van der Waals surface area contributed by atoms with Crippen molar-refractivity contribution in [2.75, 3.05) is 5.32 Å². The van der Waals surface area contributed by atoms with Crippen LogP contribution in [0.1, 0.15) is 23.0 Å². The van der Waals surface area contributed by atoms with Crippen LogP contribution in [0.25, 0.3) is 22.3 Å². The second-order valence-corrected chi connectivity index (χ2v) is 5.96. The topological polar surface area (TPSA) is 83.6 Å². The third kappa shape index (κ3) is 3.17. The molecular formula is C20H17N5O. The van der Waals surface area contributed by atoms with Crippen LogP contribution in [0.5, 0.6) is 0 Å². The van der Waals surface area contributed by atoms with Crippen molar-refractivity contribution in [3.63, 3.8) is 0 Å². The quantitative estimate of drug-likeness (QED) is 0.538. The number of nitrogens with one attached hydrogen (secondary N) is 2. The van der Waals surface area contributed by atoms with Gasteiger partial charge in [0.05, 0.1) is 17.9 Å². The molecule has 0 aromatic carbocycles. The van der Waals surface area contributed by atoms with Gasteiger partial charge in [0.1, 0.15) is 11.5 Å². The Morgan fingerprint density at radius 2 is 2.08 bits per heavy atom. The zero-order valence-corrected chi connectivity index (χ0v) is 14.2. The summed E-state index contributed by atoms with van der Waals surface area (Å²) in [5, 5.41) is 4.29. The second-order valence-electron chi connectivity index (χ2n) is 5.96. The van der Waals surface area contributed by atoms with Gasteiger partial charge in [-0.05, 0) is 43.3 Å². The van der Waals surface area contributed by atoms with Gasteiger partial charge in [-0.1, -0.05) is 6.07 Å². The monoisotopic (exact) mass is 343 g/mol. The van der Waals surface area contributed by atoms with Crippen molar-refractivity contribution in [1.82, 2.24) is 19.9 Å². The highest BCUT2D eigenvalue weighted by atomic mass is 16.1. The van der Waals surface area contributed by atoms with Crippen molar-refractivity contribution in [2.24, 2.45) is 0 Å². The van der Waals surface area contributed by atoms with Crippen LogP contribution in [-0.4, -0.2) is 25.7 Å². The number of nitrogens with zero attached hydrogens (tertiary/aromatic N) is 3. The molecule has 4 rings (SSSR count). The van der Waals surface area contributed by atoms with E-state index in [0.29, 0.717) is 12.1 Å². The molecule has 0 unspecified atom stereocenters. The van der Waals surface area contributed by atoms with Crippen molar-refractivity contribution in [3.05, 3.63) is 72.3 Å². The molecule has 6 nitrogen and oxygen atoms in total. The lowest BCUT2D eigenvalue weighted by Crippen LogP contribution is -2.03. The summed E-state index contributed by atoms with van der Waals surface area (Å²) in [7, 11) is 0. The molecule has 128 valence electrons. The fraction of sp³-hybridized carbons (Fsp3) is 0.100. The van der Waals surface area contributed by atoms with Gasteiger partial charge in [0.15, 0.2) is 5.78 Å². The summed E-state index contributed by atoms with van der Waals surface area (Å²) in [6.07, 6.45) is 5.23. The summed E-state index contributed by atoms with van der Waals surface area (Å²) in [4.78, 5) is 28.0. The fourth-order valence-corrected chi connectivity index (χ4v) is 2.79. The molecule has 4 heterocycles. The van der Waals surface area contributed by atoms with Gasteiger partial charge in [0.25, 0.3) is 0 Å². The molecule has 0 spiro atoms. The Balaban J connectivity index is 1.69. The van der Waals surface area contributed by atoms with E-state index < -0.39 is 0 Å². The molecule has 0 amide bonds. The number of hydrogen-bond acceptors (Lipinski definition) is 5. The van der Waals surface area contributed by atoms with E-state index in [1.807, 2.05) is 42.6 Å². The third-order valence-corrected chi connectivity index (χ3v) is 4.15. The van der Waals surface area contributed by atoms with Gasteiger partial charge < -0.3 is 10.3 Å². The van der Waals surface area contributed by atoms with Gasteiger partial charge in [0, 0.05) is 35.1 Å². The fourth-order valence-electron chi connectivity index (χ4n) is 2.79. The predicted octanol–water partition coefficient (Wildman–Crippen LogP) is 3.83. The van der Waals surface area contributed by atoms with E-state index in [-0.39, 0.29) is 5.78 Å². The lowest BCUT2D eigenvalue weighted by molar-refractivity contribution is 0.101. The van der Waals surface area contributed by atoms with Crippen molar-refractivity contribution >= 4 is 22.6 Å². The SMILES string of the molecule is CC(=O)c1ccc(-c2cc(NCc3ccccn3)nc3[nH]ccc23)nc1. The molecule has 2 N–H and O–H groups in total. The van der Waals surface area contributed by atoms with E-state index in [1.165, 1.54) is 6.92 Å². The number of aromatic amines is 1. The van der Waals surface area contributed by atoms with E-state index in [4.69, 9.17) is 0 Å². The number of hydrogen-bond donors (Lipinski definition) is 2. The molecule has 0 atom stereocenters. The number of anilines is 1. The minimum atomic E-state index is 0.00304. The summed E-state index contributed by atoms with van der Waals surface area (Å²) in [5.41, 5.74) is 4.06. The maximum atomic E-state index is 11.5. The lowest BCUT2D eigenvalue weighted by Gasteiger charge is -2.09. The Morgan fingerprint density at radius 3 is 2.81 bits per heavy atom. The molecule has 0 saturated heterocycles. The minimum absolute atomic E-state index is 0.00304. The van der Waals surface area contributed by atoms with Gasteiger partial charge in [-0.25, -0.2) is 4.98 Å². The molecule has 0 bridgehead atoms. The highest BCUT2D eigenvalue weighted by molar-refractivity contribution is 5.96. The Bertz CT molecular complexity index is 1050. The first-order valence-corrected chi connectivity index (χ1v) is 8.30. The molecule has 6 heteroatoms. The van der Waals surface area contributed by atoms with Gasteiger partial charge in [-0.3, -0.25) is 14.8 Å². The number of fused-ring (bicyclic) bond motifs is 1. The van der Waals surface area contributed by atoms with Crippen molar-refractivity contribution in [3.8, 4) is 11.3 Å². The van der Waals surface area contributed by atoms with E-state index in [2.05, 4.69) is 25.3 Å². The van der Waals surface area contributed by atoms with Crippen LogP contribution in [0.3, 0.4) is 0 Å². The van der Waals surface area contributed by atoms with E-state index in [9.17, 15) is 4.79 Å². The Kier molecular flexibility index (Phi) is 4.15. The van der Waals surface area contributed by atoms with Crippen LogP contribution in [-0.2, 0) is 6.54 Å². The number of H-pyrrole nitrogens is 1. The van der Waals surface area contributed by atoms with Gasteiger partial charge >= 0.3 is 0 Å². The summed E-state index contributed by atoms with van der Waals surface area (Å²) in [6, 6.07) is 13.4. The molecule has 0 aliphatic carbocycles. The Morgan fingerprint density at radius 1 is 1.15 bits per heavy atom. The zero-order chi connectivity index (χ0) is 17.9. The molecular weight excluding hydrogens is 326 g/mol. The molecule has 4 aromatic heterocycles. The first-order valence-electron chi connectivity index (χ1n) is 8.30. The van der Waals surface area contributed by atoms with Crippen molar-refractivity contribution in [1.29, 1.82) is 0 Å². The molecule has 0 aliphatic rings. The standard InChI is InChI=1S/C20H17N5O/c1-13(26)14-5-6-18(23-11-14)17-10-19(25-20-16(17)7-9-22-20)24-12-15-4-2-3-8-21-15/h2-11H,12H2,1H3,(H2,22,24,25). The second kappa shape index (κ2) is 6.76. The number of Topliss-reactive ketones (excluding diaryl/α,β-unsaturated/α-hetero) is 1. The molecule has 0 radical (unpaired) electrons. The zero-order valence-electron chi connectivity index (χ0n) is 14.2. The normalized spacial score (nSPS) is 10.8. The minimum Gasteiger partial charge on any atom is -0.364 e. The third-order valence-electron chi connectivity index (χ3n) is 4.15. The number of pyridine rings is 3. The molecule has 4 aromatic rings.